The quantitative estimate of drug-likeness (QED) is 0.669. The molecule has 4 rings (SSSR count). The maximum atomic E-state index is 6.02. The van der Waals surface area contributed by atoms with E-state index in [1.54, 1.807) is 6.33 Å². The van der Waals surface area contributed by atoms with E-state index >= 15 is 0 Å². The van der Waals surface area contributed by atoms with Crippen LogP contribution < -0.4 is 4.90 Å². The predicted octanol–water partition coefficient (Wildman–Crippen LogP) is 4.67. The second-order valence-electron chi connectivity index (χ2n) is 5.62. The summed E-state index contributed by atoms with van der Waals surface area (Å²) in [5.74, 6) is 0.794. The average Bonchev–Trinajstić information content (AvgIpc) is 3.08. The van der Waals surface area contributed by atoms with Crippen LogP contribution >= 0.6 is 23.2 Å². The molecular formula is C18H14Cl2N4. The first-order chi connectivity index (χ1) is 11.6. The molecule has 0 aliphatic carbocycles. The molecule has 2 aromatic carbocycles. The van der Waals surface area contributed by atoms with Crippen LogP contribution in [0, 0.1) is 0 Å². The maximum absolute atomic E-state index is 6.02. The van der Waals surface area contributed by atoms with Crippen molar-refractivity contribution in [2.75, 3.05) is 11.9 Å². The third-order valence-electron chi connectivity index (χ3n) is 4.15. The Morgan fingerprint density at radius 1 is 0.917 bits per heavy atom. The number of hydrogen-bond acceptors (Lipinski definition) is 3. The standard InChI is InChI=1S/C18H14Cl2N4/c1-23-16(12-2-6-14(19)7-3-12)10-17(24-18(23)21-11-22-24)13-4-8-15(20)9-5-13/h2-11,17H,1H3/t17-/m0/s1. The molecule has 2 heterocycles. The van der Waals surface area contributed by atoms with Crippen molar-refractivity contribution in [3.05, 3.63) is 82.1 Å². The molecule has 0 radical (unpaired) electrons. The third-order valence-corrected chi connectivity index (χ3v) is 4.65. The molecule has 0 unspecified atom stereocenters. The molecule has 24 heavy (non-hydrogen) atoms. The van der Waals surface area contributed by atoms with Gasteiger partial charge in [-0.25, -0.2) is 4.68 Å². The lowest BCUT2D eigenvalue weighted by Crippen LogP contribution is -2.28. The fraction of sp³-hybridized carbons (Fsp3) is 0.111. The lowest BCUT2D eigenvalue weighted by Gasteiger charge is -2.31. The lowest BCUT2D eigenvalue weighted by atomic mass is 10.0. The topological polar surface area (TPSA) is 34.0 Å². The van der Waals surface area contributed by atoms with Gasteiger partial charge in [0.15, 0.2) is 0 Å². The zero-order chi connectivity index (χ0) is 16.7. The summed E-state index contributed by atoms with van der Waals surface area (Å²) < 4.78 is 1.91. The van der Waals surface area contributed by atoms with Crippen LogP contribution in [0.15, 0.2) is 60.9 Å². The number of hydrogen-bond donors (Lipinski definition) is 0. The molecule has 0 saturated heterocycles. The Morgan fingerprint density at radius 2 is 1.54 bits per heavy atom. The van der Waals surface area contributed by atoms with E-state index in [-0.39, 0.29) is 6.04 Å². The molecule has 120 valence electrons. The van der Waals surface area contributed by atoms with Crippen molar-refractivity contribution in [3.8, 4) is 0 Å². The van der Waals surface area contributed by atoms with Gasteiger partial charge in [-0.1, -0.05) is 47.5 Å². The van der Waals surface area contributed by atoms with Crippen molar-refractivity contribution in [2.45, 2.75) is 6.04 Å². The molecule has 0 bridgehead atoms. The van der Waals surface area contributed by atoms with Gasteiger partial charge in [-0.3, -0.25) is 0 Å². The number of nitrogens with zero attached hydrogens (tertiary/aromatic N) is 4. The number of fused-ring (bicyclic) bond motifs is 1. The smallest absolute Gasteiger partial charge is 0.228 e. The van der Waals surface area contributed by atoms with Gasteiger partial charge in [0.1, 0.15) is 12.4 Å². The van der Waals surface area contributed by atoms with E-state index in [9.17, 15) is 0 Å². The van der Waals surface area contributed by atoms with Crippen molar-refractivity contribution in [1.82, 2.24) is 14.8 Å². The van der Waals surface area contributed by atoms with Crippen LogP contribution in [0.25, 0.3) is 5.70 Å². The van der Waals surface area contributed by atoms with E-state index in [1.165, 1.54) is 0 Å². The van der Waals surface area contributed by atoms with Gasteiger partial charge in [-0.15, -0.1) is 0 Å². The molecular weight excluding hydrogens is 343 g/mol. The van der Waals surface area contributed by atoms with E-state index in [0.717, 1.165) is 27.8 Å². The summed E-state index contributed by atoms with van der Waals surface area (Å²) >= 11 is 12.0. The molecule has 0 spiro atoms. The third kappa shape index (κ3) is 2.58. The Bertz CT molecular complexity index is 898. The molecule has 1 aromatic heterocycles. The largest absolute Gasteiger partial charge is 0.313 e. The van der Waals surface area contributed by atoms with Crippen LogP contribution in [0.1, 0.15) is 17.2 Å². The normalized spacial score (nSPS) is 16.7. The summed E-state index contributed by atoms with van der Waals surface area (Å²) in [7, 11) is 1.99. The minimum absolute atomic E-state index is 0.0401. The highest BCUT2D eigenvalue weighted by molar-refractivity contribution is 6.30. The van der Waals surface area contributed by atoms with E-state index in [1.807, 2.05) is 65.2 Å². The van der Waals surface area contributed by atoms with Gasteiger partial charge in [0.05, 0.1) is 0 Å². The van der Waals surface area contributed by atoms with Crippen LogP contribution in [0.5, 0.6) is 0 Å². The fourth-order valence-electron chi connectivity index (χ4n) is 2.93. The lowest BCUT2D eigenvalue weighted by molar-refractivity contribution is 0.599. The van der Waals surface area contributed by atoms with E-state index in [4.69, 9.17) is 23.2 Å². The summed E-state index contributed by atoms with van der Waals surface area (Å²) in [6.07, 6.45) is 3.75. The highest BCUT2D eigenvalue weighted by Gasteiger charge is 2.27. The molecule has 0 N–H and O–H groups in total. The molecule has 4 nitrogen and oxygen atoms in total. The Hall–Kier alpha value is -2.30. The molecule has 3 aromatic rings. The van der Waals surface area contributed by atoms with Crippen LogP contribution in [-0.2, 0) is 0 Å². The van der Waals surface area contributed by atoms with Gasteiger partial charge in [0.25, 0.3) is 0 Å². The van der Waals surface area contributed by atoms with Gasteiger partial charge >= 0.3 is 0 Å². The minimum atomic E-state index is -0.0401. The maximum Gasteiger partial charge on any atom is 0.228 e. The average molecular weight is 357 g/mol. The summed E-state index contributed by atoms with van der Waals surface area (Å²) in [5.41, 5.74) is 3.24. The number of halogens is 2. The van der Waals surface area contributed by atoms with E-state index in [0.29, 0.717) is 5.02 Å². The monoisotopic (exact) mass is 356 g/mol. The highest BCUT2D eigenvalue weighted by atomic mass is 35.5. The van der Waals surface area contributed by atoms with Crippen LogP contribution in [0.2, 0.25) is 10.0 Å². The Kier molecular flexibility index (Phi) is 3.79. The van der Waals surface area contributed by atoms with Gasteiger partial charge in [-0.2, -0.15) is 10.1 Å². The first-order valence-corrected chi connectivity index (χ1v) is 8.25. The summed E-state index contributed by atoms with van der Waals surface area (Å²) in [5, 5.41) is 5.83. The Morgan fingerprint density at radius 3 is 2.21 bits per heavy atom. The minimum Gasteiger partial charge on any atom is -0.313 e. The number of aromatic nitrogens is 3. The molecule has 6 heteroatoms. The fourth-order valence-corrected chi connectivity index (χ4v) is 3.18. The van der Waals surface area contributed by atoms with Crippen LogP contribution in [0.4, 0.5) is 5.95 Å². The zero-order valence-electron chi connectivity index (χ0n) is 12.9. The molecule has 1 atom stereocenters. The summed E-state index contributed by atoms with van der Waals surface area (Å²) in [6.45, 7) is 0. The molecule has 0 saturated carbocycles. The van der Waals surface area contributed by atoms with Crippen molar-refractivity contribution in [1.29, 1.82) is 0 Å². The van der Waals surface area contributed by atoms with Gasteiger partial charge in [-0.05, 0) is 41.5 Å². The van der Waals surface area contributed by atoms with E-state index < -0.39 is 0 Å². The Balaban J connectivity index is 1.84. The predicted molar refractivity (Wildman–Crippen MR) is 97.4 cm³/mol. The first-order valence-electron chi connectivity index (χ1n) is 7.50. The number of benzene rings is 2. The molecule has 0 amide bonds. The van der Waals surface area contributed by atoms with Gasteiger partial charge in [0, 0.05) is 22.8 Å². The zero-order valence-corrected chi connectivity index (χ0v) is 14.4. The molecule has 1 aliphatic heterocycles. The summed E-state index contributed by atoms with van der Waals surface area (Å²) in [6, 6.07) is 15.6. The number of rotatable bonds is 2. The van der Waals surface area contributed by atoms with Crippen LogP contribution in [-0.4, -0.2) is 21.8 Å². The van der Waals surface area contributed by atoms with Crippen molar-refractivity contribution in [3.63, 3.8) is 0 Å². The second-order valence-corrected chi connectivity index (χ2v) is 6.49. The highest BCUT2D eigenvalue weighted by Crippen LogP contribution is 2.35. The molecule has 1 aliphatic rings. The first kappa shape index (κ1) is 15.2. The molecule has 0 fully saturated rings. The summed E-state index contributed by atoms with van der Waals surface area (Å²) in [4.78, 5) is 6.44. The van der Waals surface area contributed by atoms with Gasteiger partial charge in [0.2, 0.25) is 5.95 Å². The second kappa shape index (κ2) is 5.96. The Labute approximate surface area is 150 Å². The van der Waals surface area contributed by atoms with Crippen molar-refractivity contribution >= 4 is 34.8 Å². The van der Waals surface area contributed by atoms with E-state index in [2.05, 4.69) is 16.2 Å². The number of allylic oxidation sites excluding steroid dienone is 1. The van der Waals surface area contributed by atoms with Gasteiger partial charge < -0.3 is 4.90 Å². The van der Waals surface area contributed by atoms with Crippen LogP contribution in [0.3, 0.4) is 0 Å². The van der Waals surface area contributed by atoms with Crippen molar-refractivity contribution < 1.29 is 0 Å². The number of anilines is 1. The van der Waals surface area contributed by atoms with Crippen molar-refractivity contribution in [2.24, 2.45) is 0 Å². The SMILES string of the molecule is CN1C(c2ccc(Cl)cc2)=C[C@@H](c2ccc(Cl)cc2)n2ncnc21.